The van der Waals surface area contributed by atoms with Crippen LogP contribution in [0.25, 0.3) is 0 Å². The molecule has 2 aliphatic heterocycles. The van der Waals surface area contributed by atoms with Crippen LogP contribution < -0.4 is 10.6 Å². The van der Waals surface area contributed by atoms with Gasteiger partial charge >= 0.3 is 0 Å². The van der Waals surface area contributed by atoms with Crippen molar-refractivity contribution in [1.29, 1.82) is 0 Å². The third-order valence-electron chi connectivity index (χ3n) is 2.22. The maximum absolute atomic E-state index is 5.35. The van der Waals surface area contributed by atoms with Gasteiger partial charge in [0, 0.05) is 6.54 Å². The van der Waals surface area contributed by atoms with Crippen LogP contribution in [0.2, 0.25) is 0 Å². The molecule has 0 aromatic rings. The zero-order valence-corrected chi connectivity index (χ0v) is 6.10. The summed E-state index contributed by atoms with van der Waals surface area (Å²) in [6, 6.07) is 0.632. The summed E-state index contributed by atoms with van der Waals surface area (Å²) in [5.74, 6) is 0. The van der Waals surface area contributed by atoms with E-state index in [1.165, 1.54) is 6.42 Å². The van der Waals surface area contributed by atoms with Crippen LogP contribution in [0, 0.1) is 0 Å². The van der Waals surface area contributed by atoms with E-state index in [4.69, 9.17) is 4.74 Å². The van der Waals surface area contributed by atoms with Gasteiger partial charge in [0.25, 0.3) is 0 Å². The Morgan fingerprint density at radius 2 is 2.30 bits per heavy atom. The predicted molar refractivity (Wildman–Crippen MR) is 39.0 cm³/mol. The monoisotopic (exact) mass is 142 g/mol. The first-order valence-electron chi connectivity index (χ1n) is 4.02. The van der Waals surface area contributed by atoms with E-state index in [-0.39, 0.29) is 0 Å². The molecule has 0 saturated carbocycles. The standard InChI is InChI=1S/C7H14N2O/c1-2-8-4-7-6(5-10-7)9-3-1/h6-9H,1-5H2. The summed E-state index contributed by atoms with van der Waals surface area (Å²) < 4.78 is 5.35. The van der Waals surface area contributed by atoms with Gasteiger partial charge in [-0.25, -0.2) is 0 Å². The van der Waals surface area contributed by atoms with Gasteiger partial charge in [-0.15, -0.1) is 0 Å². The normalized spacial score (nSPS) is 40.8. The van der Waals surface area contributed by atoms with Crippen molar-refractivity contribution in [2.75, 3.05) is 26.2 Å². The molecule has 2 unspecified atom stereocenters. The summed E-state index contributed by atoms with van der Waals surface area (Å²) in [5.41, 5.74) is 0. The Morgan fingerprint density at radius 1 is 1.30 bits per heavy atom. The molecule has 0 aliphatic carbocycles. The van der Waals surface area contributed by atoms with Gasteiger partial charge in [0.2, 0.25) is 0 Å². The van der Waals surface area contributed by atoms with Crippen LogP contribution >= 0.6 is 0 Å². The number of hydrogen-bond donors (Lipinski definition) is 2. The van der Waals surface area contributed by atoms with Gasteiger partial charge in [-0.1, -0.05) is 0 Å². The zero-order chi connectivity index (χ0) is 6.81. The van der Waals surface area contributed by atoms with E-state index in [1.54, 1.807) is 0 Å². The van der Waals surface area contributed by atoms with Gasteiger partial charge < -0.3 is 15.4 Å². The quantitative estimate of drug-likeness (QED) is 0.471. The van der Waals surface area contributed by atoms with E-state index in [9.17, 15) is 0 Å². The number of fused-ring (bicyclic) bond motifs is 1. The van der Waals surface area contributed by atoms with Crippen molar-refractivity contribution in [1.82, 2.24) is 10.6 Å². The van der Waals surface area contributed by atoms with Crippen LogP contribution in [0.4, 0.5) is 0 Å². The van der Waals surface area contributed by atoms with Crippen molar-refractivity contribution < 1.29 is 4.74 Å². The molecule has 0 aromatic carbocycles. The molecule has 2 heterocycles. The van der Waals surface area contributed by atoms with E-state index in [0.29, 0.717) is 12.1 Å². The molecular weight excluding hydrogens is 128 g/mol. The molecule has 2 atom stereocenters. The Hall–Kier alpha value is -0.120. The summed E-state index contributed by atoms with van der Waals surface area (Å²) in [6.07, 6.45) is 1.68. The van der Waals surface area contributed by atoms with Gasteiger partial charge in [-0.05, 0) is 19.5 Å². The van der Waals surface area contributed by atoms with Crippen LogP contribution in [0.5, 0.6) is 0 Å². The lowest BCUT2D eigenvalue weighted by atomic mass is 10.1. The molecule has 2 rings (SSSR count). The Bertz CT molecular complexity index is 104. The van der Waals surface area contributed by atoms with Crippen LogP contribution in [0.1, 0.15) is 6.42 Å². The highest BCUT2D eigenvalue weighted by Gasteiger charge is 2.31. The fourth-order valence-electron chi connectivity index (χ4n) is 1.47. The minimum absolute atomic E-state index is 0.445. The fourth-order valence-corrected chi connectivity index (χ4v) is 1.47. The van der Waals surface area contributed by atoms with Crippen molar-refractivity contribution in [2.45, 2.75) is 18.6 Å². The molecule has 0 aromatic heterocycles. The van der Waals surface area contributed by atoms with Crippen molar-refractivity contribution in [3.8, 4) is 0 Å². The lowest BCUT2D eigenvalue weighted by Crippen LogP contribution is -2.59. The Labute approximate surface area is 61.1 Å². The summed E-state index contributed by atoms with van der Waals surface area (Å²) in [7, 11) is 0. The minimum Gasteiger partial charge on any atom is -0.373 e. The van der Waals surface area contributed by atoms with Crippen molar-refractivity contribution in [3.63, 3.8) is 0 Å². The molecule has 0 radical (unpaired) electrons. The van der Waals surface area contributed by atoms with Gasteiger partial charge in [0.15, 0.2) is 0 Å². The molecule has 0 amide bonds. The summed E-state index contributed by atoms with van der Waals surface area (Å²) >= 11 is 0. The first kappa shape index (κ1) is 6.58. The Morgan fingerprint density at radius 3 is 3.10 bits per heavy atom. The van der Waals surface area contributed by atoms with E-state index in [0.717, 1.165) is 26.2 Å². The molecule has 2 saturated heterocycles. The Balaban J connectivity index is 1.83. The average molecular weight is 142 g/mol. The van der Waals surface area contributed by atoms with Crippen LogP contribution in [0.3, 0.4) is 0 Å². The van der Waals surface area contributed by atoms with E-state index < -0.39 is 0 Å². The van der Waals surface area contributed by atoms with E-state index in [1.807, 2.05) is 0 Å². The second kappa shape index (κ2) is 2.86. The first-order chi connectivity index (χ1) is 4.97. The number of nitrogens with one attached hydrogen (secondary N) is 2. The first-order valence-corrected chi connectivity index (χ1v) is 4.02. The van der Waals surface area contributed by atoms with Crippen molar-refractivity contribution in [2.24, 2.45) is 0 Å². The maximum Gasteiger partial charge on any atom is 0.0875 e. The number of ether oxygens (including phenoxy) is 1. The summed E-state index contributed by atoms with van der Waals surface area (Å²) in [4.78, 5) is 0. The third-order valence-corrected chi connectivity index (χ3v) is 2.22. The van der Waals surface area contributed by atoms with Crippen LogP contribution in [0.15, 0.2) is 0 Å². The predicted octanol–water partition coefficient (Wildman–Crippen LogP) is -0.663. The third kappa shape index (κ3) is 1.17. The van der Waals surface area contributed by atoms with Gasteiger partial charge in [0.1, 0.15) is 0 Å². The maximum atomic E-state index is 5.35. The molecular formula is C7H14N2O. The number of rotatable bonds is 0. The fraction of sp³-hybridized carbons (Fsp3) is 1.00. The molecule has 3 heteroatoms. The number of hydrogen-bond acceptors (Lipinski definition) is 3. The van der Waals surface area contributed by atoms with Gasteiger partial charge in [-0.2, -0.15) is 0 Å². The lowest BCUT2D eigenvalue weighted by Gasteiger charge is -2.39. The molecule has 0 spiro atoms. The van der Waals surface area contributed by atoms with Crippen molar-refractivity contribution >= 4 is 0 Å². The highest BCUT2D eigenvalue weighted by atomic mass is 16.5. The SMILES string of the molecule is C1CNCC2OCC2NC1. The minimum atomic E-state index is 0.445. The zero-order valence-electron chi connectivity index (χ0n) is 6.10. The lowest BCUT2D eigenvalue weighted by molar-refractivity contribution is -0.0868. The van der Waals surface area contributed by atoms with E-state index in [2.05, 4.69) is 10.6 Å². The van der Waals surface area contributed by atoms with Gasteiger partial charge in [0.05, 0.1) is 18.8 Å². The highest BCUT2D eigenvalue weighted by Crippen LogP contribution is 2.12. The molecule has 58 valence electrons. The molecule has 2 aliphatic rings. The Kier molecular flexibility index (Phi) is 1.88. The second-order valence-electron chi connectivity index (χ2n) is 2.99. The molecule has 10 heavy (non-hydrogen) atoms. The second-order valence-corrected chi connectivity index (χ2v) is 2.99. The molecule has 0 bridgehead atoms. The van der Waals surface area contributed by atoms with Crippen LogP contribution in [-0.4, -0.2) is 38.4 Å². The average Bonchev–Trinajstić information content (AvgIpc) is 1.89. The molecule has 3 nitrogen and oxygen atoms in total. The van der Waals surface area contributed by atoms with Gasteiger partial charge in [-0.3, -0.25) is 0 Å². The summed E-state index contributed by atoms with van der Waals surface area (Å²) in [5, 5.41) is 6.81. The van der Waals surface area contributed by atoms with Crippen LogP contribution in [-0.2, 0) is 4.74 Å². The van der Waals surface area contributed by atoms with Crippen molar-refractivity contribution in [3.05, 3.63) is 0 Å². The summed E-state index contributed by atoms with van der Waals surface area (Å²) in [6.45, 7) is 4.20. The highest BCUT2D eigenvalue weighted by molar-refractivity contribution is 4.87. The van der Waals surface area contributed by atoms with E-state index >= 15 is 0 Å². The topological polar surface area (TPSA) is 33.3 Å². The smallest absolute Gasteiger partial charge is 0.0875 e. The largest absolute Gasteiger partial charge is 0.373 e. The molecule has 2 fully saturated rings. The molecule has 2 N–H and O–H groups in total.